The van der Waals surface area contributed by atoms with E-state index >= 15 is 0 Å². The maximum absolute atomic E-state index is 12.6. The predicted molar refractivity (Wildman–Crippen MR) is 128 cm³/mol. The van der Waals surface area contributed by atoms with Gasteiger partial charge in [-0.1, -0.05) is 19.1 Å². The molecule has 1 saturated carbocycles. The summed E-state index contributed by atoms with van der Waals surface area (Å²) in [5.41, 5.74) is -1.12. The lowest BCUT2D eigenvalue weighted by molar-refractivity contribution is -0.346. The van der Waals surface area contributed by atoms with Gasteiger partial charge in [-0.3, -0.25) is 4.79 Å². The number of carbonyl (C=O) groups is 2. The number of aliphatic hydroxyl groups excluding tert-OH is 4. The van der Waals surface area contributed by atoms with Crippen molar-refractivity contribution in [3.8, 4) is 5.75 Å². The number of methoxy groups -OCH3 is 1. The minimum Gasteiger partial charge on any atom is -0.497 e. The number of carbonyl (C=O) groups excluding carboxylic acids is 2. The van der Waals surface area contributed by atoms with Crippen LogP contribution in [0.1, 0.15) is 18.9 Å². The van der Waals surface area contributed by atoms with Crippen LogP contribution in [0.3, 0.4) is 0 Å². The van der Waals surface area contributed by atoms with Gasteiger partial charge in [0.15, 0.2) is 12.6 Å². The highest BCUT2D eigenvalue weighted by molar-refractivity contribution is 5.87. The first-order valence-electron chi connectivity index (χ1n) is 12.1. The second-order valence-corrected chi connectivity index (χ2v) is 9.62. The van der Waals surface area contributed by atoms with Gasteiger partial charge in [-0.25, -0.2) is 4.79 Å². The van der Waals surface area contributed by atoms with Gasteiger partial charge in [-0.15, -0.1) is 0 Å². The molecule has 10 atom stereocenters. The number of hydrogen-bond acceptors (Lipinski definition) is 12. The highest BCUT2D eigenvalue weighted by Crippen LogP contribution is 2.50. The van der Waals surface area contributed by atoms with Crippen LogP contribution in [0.5, 0.6) is 5.75 Å². The van der Waals surface area contributed by atoms with Crippen LogP contribution in [0.25, 0.3) is 6.08 Å². The Morgan fingerprint density at radius 2 is 1.84 bits per heavy atom. The molecule has 0 spiro atoms. The third kappa shape index (κ3) is 5.34. The van der Waals surface area contributed by atoms with Crippen molar-refractivity contribution in [3.63, 3.8) is 0 Å². The molecule has 0 unspecified atom stereocenters. The lowest BCUT2D eigenvalue weighted by atomic mass is 9.79. The Morgan fingerprint density at radius 1 is 1.13 bits per heavy atom. The van der Waals surface area contributed by atoms with Gasteiger partial charge in [0.1, 0.15) is 41.9 Å². The molecule has 0 amide bonds. The number of aliphatic hydroxyl groups is 5. The first-order chi connectivity index (χ1) is 18.1. The molecular weight excluding hydrogens is 504 g/mol. The van der Waals surface area contributed by atoms with Gasteiger partial charge < -0.3 is 49.2 Å². The molecule has 0 radical (unpaired) electrons. The lowest BCUT2D eigenvalue weighted by Crippen LogP contribution is -2.61. The van der Waals surface area contributed by atoms with Gasteiger partial charge in [0.05, 0.1) is 31.5 Å². The highest BCUT2D eigenvalue weighted by atomic mass is 16.8. The van der Waals surface area contributed by atoms with Crippen LogP contribution in [-0.2, 0) is 28.5 Å². The van der Waals surface area contributed by atoms with Crippen LogP contribution in [0.2, 0.25) is 0 Å². The maximum atomic E-state index is 12.6. The van der Waals surface area contributed by atoms with Crippen molar-refractivity contribution in [1.29, 1.82) is 0 Å². The number of ether oxygens (including phenoxy) is 5. The van der Waals surface area contributed by atoms with Crippen LogP contribution in [0.4, 0.5) is 0 Å². The standard InChI is InChI=1S/C26H32O12/c1-13-17(36-19(29)8-5-14-3-6-16(34-2)7-4-14)9-26(33)15(10-27)12-35-24(20(13)26)38-25-23(32)22(31)21(30)18(11-28)37-25/h3-8,10,12-13,17-18,20-25,28,30-33H,9,11H2,1-2H3/b8-5+/t13-,17-,18-,20-,21-,22+,23-,24+,25+,26-/m1/s1. The lowest BCUT2D eigenvalue weighted by Gasteiger charge is -2.44. The van der Waals surface area contributed by atoms with Crippen LogP contribution >= 0.6 is 0 Å². The zero-order valence-corrected chi connectivity index (χ0v) is 20.8. The second-order valence-electron chi connectivity index (χ2n) is 9.62. The van der Waals surface area contributed by atoms with Gasteiger partial charge in [-0.2, -0.15) is 0 Å². The van der Waals surface area contributed by atoms with Gasteiger partial charge >= 0.3 is 5.97 Å². The first-order valence-corrected chi connectivity index (χ1v) is 12.1. The molecule has 0 bridgehead atoms. The van der Waals surface area contributed by atoms with Crippen molar-refractivity contribution in [2.24, 2.45) is 11.8 Å². The molecule has 1 aromatic carbocycles. The summed E-state index contributed by atoms with van der Waals surface area (Å²) in [5.74, 6) is -1.52. The number of hydrogen-bond donors (Lipinski definition) is 5. The maximum Gasteiger partial charge on any atom is 0.331 e. The summed E-state index contributed by atoms with van der Waals surface area (Å²) in [6.07, 6.45) is -5.68. The van der Waals surface area contributed by atoms with E-state index in [4.69, 9.17) is 23.7 Å². The normalized spacial score (nSPS) is 38.7. The van der Waals surface area contributed by atoms with E-state index in [1.54, 1.807) is 44.4 Å². The van der Waals surface area contributed by atoms with Crippen LogP contribution < -0.4 is 4.74 Å². The molecule has 1 saturated heterocycles. The molecule has 2 fully saturated rings. The van der Waals surface area contributed by atoms with E-state index in [9.17, 15) is 35.1 Å². The number of fused-ring (bicyclic) bond motifs is 1. The van der Waals surface area contributed by atoms with Gasteiger partial charge in [0.2, 0.25) is 6.29 Å². The van der Waals surface area contributed by atoms with E-state index in [0.29, 0.717) is 12.0 Å². The molecule has 2 aliphatic heterocycles. The fraction of sp³-hybridized carbons (Fsp3) is 0.538. The Hall–Kier alpha value is -2.84. The summed E-state index contributed by atoms with van der Waals surface area (Å²) in [4.78, 5) is 24.3. The topological polar surface area (TPSA) is 181 Å². The Balaban J connectivity index is 1.49. The van der Waals surface area contributed by atoms with Crippen LogP contribution in [0, 0.1) is 11.8 Å². The second kappa shape index (κ2) is 11.5. The van der Waals surface area contributed by atoms with Gasteiger partial charge in [0.25, 0.3) is 0 Å². The van der Waals surface area contributed by atoms with Crippen LogP contribution in [0.15, 0.2) is 42.2 Å². The van der Waals surface area contributed by atoms with Crippen LogP contribution in [-0.4, -0.2) is 100 Å². The van der Waals surface area contributed by atoms with Gasteiger partial charge in [-0.05, 0) is 23.8 Å². The summed E-state index contributed by atoms with van der Waals surface area (Å²) < 4.78 is 27.4. The minimum absolute atomic E-state index is 0.0738. The highest BCUT2D eigenvalue weighted by Gasteiger charge is 2.61. The van der Waals surface area contributed by atoms with Crippen molar-refractivity contribution in [3.05, 3.63) is 47.7 Å². The average molecular weight is 537 g/mol. The van der Waals surface area contributed by atoms with Gasteiger partial charge in [0, 0.05) is 18.4 Å². The molecule has 4 rings (SSSR count). The molecule has 12 nitrogen and oxygen atoms in total. The Kier molecular flexibility index (Phi) is 8.52. The Morgan fingerprint density at radius 3 is 2.47 bits per heavy atom. The SMILES string of the molecule is COc1ccc(/C=C/C(=O)O[C@@H]2C[C@@]3(O)C(C=O)=CO[C@@H](O[C@@H]4O[C@H](CO)[C@@H](O)[C@H](O)[C@H]4O)[C@H]3[C@@H]2C)cc1. The van der Waals surface area contributed by atoms with E-state index in [2.05, 4.69) is 0 Å². The first kappa shape index (κ1) is 28.2. The van der Waals surface area contributed by atoms with E-state index in [0.717, 1.165) is 11.8 Å². The summed E-state index contributed by atoms with van der Waals surface area (Å²) >= 11 is 0. The predicted octanol–water partition coefficient (Wildman–Crippen LogP) is -0.737. The summed E-state index contributed by atoms with van der Waals surface area (Å²) in [7, 11) is 1.55. The van der Waals surface area contributed by atoms with Crippen molar-refractivity contribution >= 4 is 18.3 Å². The smallest absolute Gasteiger partial charge is 0.331 e. The molecule has 2 heterocycles. The molecule has 3 aliphatic rings. The summed E-state index contributed by atoms with van der Waals surface area (Å²) in [6.45, 7) is 1.03. The number of aldehydes is 1. The third-order valence-electron chi connectivity index (χ3n) is 7.38. The number of rotatable bonds is 8. The third-order valence-corrected chi connectivity index (χ3v) is 7.38. The fourth-order valence-electron chi connectivity index (χ4n) is 5.18. The minimum atomic E-state index is -1.79. The zero-order chi connectivity index (χ0) is 27.6. The molecular formula is C26H32O12. The van der Waals surface area contributed by atoms with E-state index in [1.807, 2.05) is 0 Å². The van der Waals surface area contributed by atoms with E-state index in [-0.39, 0.29) is 12.0 Å². The molecule has 12 heteroatoms. The van der Waals surface area contributed by atoms with Crippen molar-refractivity contribution in [2.75, 3.05) is 13.7 Å². The molecule has 1 aliphatic carbocycles. The molecule has 38 heavy (non-hydrogen) atoms. The molecule has 5 N–H and O–H groups in total. The number of benzene rings is 1. The number of esters is 1. The van der Waals surface area contributed by atoms with Crippen molar-refractivity contribution in [1.82, 2.24) is 0 Å². The van der Waals surface area contributed by atoms with E-state index in [1.165, 1.54) is 6.08 Å². The average Bonchev–Trinajstić information content (AvgIpc) is 3.18. The summed E-state index contributed by atoms with van der Waals surface area (Å²) in [6, 6.07) is 7.01. The Bertz CT molecular complexity index is 1050. The largest absolute Gasteiger partial charge is 0.497 e. The summed E-state index contributed by atoms with van der Waals surface area (Å²) in [5, 5.41) is 51.4. The van der Waals surface area contributed by atoms with Crippen molar-refractivity contribution in [2.45, 2.75) is 62.0 Å². The fourth-order valence-corrected chi connectivity index (χ4v) is 5.18. The molecule has 208 valence electrons. The monoisotopic (exact) mass is 536 g/mol. The zero-order valence-electron chi connectivity index (χ0n) is 20.8. The molecule has 0 aromatic heterocycles. The quantitative estimate of drug-likeness (QED) is 0.160. The van der Waals surface area contributed by atoms with E-state index < -0.39 is 73.1 Å². The van der Waals surface area contributed by atoms with Crippen molar-refractivity contribution < 1.29 is 58.8 Å². The molecule has 1 aromatic rings. The Labute approximate surface area is 218 Å².